The van der Waals surface area contributed by atoms with Gasteiger partial charge < -0.3 is 4.57 Å². The minimum absolute atomic E-state index is 0.304. The summed E-state index contributed by atoms with van der Waals surface area (Å²) in [5.74, 6) is 0. The van der Waals surface area contributed by atoms with E-state index in [1.165, 1.54) is 11.3 Å². The first-order valence-electron chi connectivity index (χ1n) is 7.34. The highest BCUT2D eigenvalue weighted by atomic mass is 15.2. The lowest BCUT2D eigenvalue weighted by Crippen LogP contribution is -2.38. The van der Waals surface area contributed by atoms with Gasteiger partial charge >= 0.3 is 0 Å². The van der Waals surface area contributed by atoms with Gasteiger partial charge in [-0.15, -0.1) is 0 Å². The second kappa shape index (κ2) is 5.22. The van der Waals surface area contributed by atoms with Crippen molar-refractivity contribution in [2.24, 2.45) is 0 Å². The van der Waals surface area contributed by atoms with E-state index in [9.17, 15) is 0 Å². The van der Waals surface area contributed by atoms with Crippen LogP contribution in [-0.4, -0.2) is 26.2 Å². The molecule has 1 aliphatic rings. The third-order valence-electron chi connectivity index (χ3n) is 4.19. The lowest BCUT2D eigenvalue weighted by molar-refractivity contribution is 0.172. The molecule has 0 unspecified atom stereocenters. The summed E-state index contributed by atoms with van der Waals surface area (Å²) >= 11 is 0. The van der Waals surface area contributed by atoms with Crippen LogP contribution in [-0.2, 0) is 13.1 Å². The summed E-state index contributed by atoms with van der Waals surface area (Å²) < 4.78 is 2.36. The minimum atomic E-state index is 0.304. The number of hydrogen-bond acceptors (Lipinski definition) is 2. The molecule has 0 amide bonds. The molecule has 0 radical (unpaired) electrons. The molecular weight excluding hydrogens is 260 g/mol. The van der Waals surface area contributed by atoms with Crippen molar-refractivity contribution >= 4 is 0 Å². The van der Waals surface area contributed by atoms with Crippen LogP contribution in [0.2, 0.25) is 0 Å². The summed E-state index contributed by atoms with van der Waals surface area (Å²) in [6.45, 7) is 2.98. The van der Waals surface area contributed by atoms with Gasteiger partial charge in [0.05, 0.1) is 6.04 Å². The van der Waals surface area contributed by atoms with Gasteiger partial charge in [0.1, 0.15) is 0 Å². The molecule has 0 aliphatic carbocycles. The molecule has 0 bridgehead atoms. The van der Waals surface area contributed by atoms with Crippen LogP contribution in [0.1, 0.15) is 23.0 Å². The third kappa shape index (κ3) is 2.28. The van der Waals surface area contributed by atoms with Crippen molar-refractivity contribution in [2.75, 3.05) is 6.54 Å². The van der Waals surface area contributed by atoms with Crippen LogP contribution in [0.15, 0.2) is 60.9 Å². The second-order valence-corrected chi connectivity index (χ2v) is 5.49. The summed E-state index contributed by atoms with van der Waals surface area (Å²) in [6, 6.07) is 17.5. The highest BCUT2D eigenvalue weighted by Crippen LogP contribution is 2.33. The molecule has 106 valence electrons. The van der Waals surface area contributed by atoms with Gasteiger partial charge in [-0.25, -0.2) is 0 Å². The third-order valence-corrected chi connectivity index (χ3v) is 4.19. The monoisotopic (exact) mass is 278 g/mol. The Balaban J connectivity index is 1.73. The Morgan fingerprint density at radius 2 is 1.95 bits per heavy atom. The summed E-state index contributed by atoms with van der Waals surface area (Å²) in [6.07, 6.45) is 4.00. The lowest BCUT2D eigenvalue weighted by Gasteiger charge is -2.37. The summed E-state index contributed by atoms with van der Waals surface area (Å²) in [4.78, 5) is 2.51. The van der Waals surface area contributed by atoms with Crippen LogP contribution < -0.4 is 0 Å². The molecule has 1 N–H and O–H groups in total. The molecule has 1 aliphatic heterocycles. The topological polar surface area (TPSA) is 36.9 Å². The van der Waals surface area contributed by atoms with Crippen molar-refractivity contribution in [3.8, 4) is 0 Å². The van der Waals surface area contributed by atoms with E-state index in [1.807, 2.05) is 6.20 Å². The molecular formula is C17H18N4. The Hall–Kier alpha value is -2.33. The minimum Gasteiger partial charge on any atom is -0.348 e. The molecule has 2 aromatic heterocycles. The quantitative estimate of drug-likeness (QED) is 0.800. The first-order chi connectivity index (χ1) is 10.4. The zero-order valence-corrected chi connectivity index (χ0v) is 11.8. The number of aromatic amines is 1. The number of benzene rings is 1. The molecule has 3 heterocycles. The lowest BCUT2D eigenvalue weighted by atomic mass is 10.00. The number of nitrogens with one attached hydrogen (secondary N) is 1. The number of rotatable bonds is 3. The standard InChI is InChI=1S/C17H18N4/c1-2-5-14(6-3-1)17-16-7-4-10-20(16)11-12-21(17)13-15-8-9-18-19-15/h1-10,17H,11-13H2,(H,18,19)/t17-/m1/s1. The normalized spacial score (nSPS) is 18.6. The Kier molecular flexibility index (Phi) is 3.09. The second-order valence-electron chi connectivity index (χ2n) is 5.49. The Morgan fingerprint density at radius 3 is 2.76 bits per heavy atom. The smallest absolute Gasteiger partial charge is 0.0760 e. The molecule has 21 heavy (non-hydrogen) atoms. The molecule has 0 spiro atoms. The molecule has 0 saturated carbocycles. The molecule has 1 atom stereocenters. The van der Waals surface area contributed by atoms with Gasteiger partial charge in [-0.1, -0.05) is 30.3 Å². The number of H-pyrrole nitrogens is 1. The molecule has 0 saturated heterocycles. The number of hydrogen-bond donors (Lipinski definition) is 1. The molecule has 0 fully saturated rings. The van der Waals surface area contributed by atoms with Crippen LogP contribution in [0, 0.1) is 0 Å². The predicted molar refractivity (Wildman–Crippen MR) is 81.7 cm³/mol. The van der Waals surface area contributed by atoms with E-state index >= 15 is 0 Å². The number of aromatic nitrogens is 3. The maximum Gasteiger partial charge on any atom is 0.0760 e. The zero-order chi connectivity index (χ0) is 14.1. The average Bonchev–Trinajstić information content (AvgIpc) is 3.19. The van der Waals surface area contributed by atoms with Crippen LogP contribution >= 0.6 is 0 Å². The maximum absolute atomic E-state index is 4.06. The van der Waals surface area contributed by atoms with Gasteiger partial charge in [0.2, 0.25) is 0 Å². The van der Waals surface area contributed by atoms with Crippen molar-refractivity contribution in [1.82, 2.24) is 19.7 Å². The van der Waals surface area contributed by atoms with E-state index in [-0.39, 0.29) is 0 Å². The highest BCUT2D eigenvalue weighted by Gasteiger charge is 2.28. The summed E-state index contributed by atoms with van der Waals surface area (Å²) in [7, 11) is 0. The van der Waals surface area contributed by atoms with Crippen molar-refractivity contribution in [3.63, 3.8) is 0 Å². The first kappa shape index (κ1) is 12.4. The van der Waals surface area contributed by atoms with Gasteiger partial charge in [0.15, 0.2) is 0 Å². The van der Waals surface area contributed by atoms with Gasteiger partial charge in [-0.2, -0.15) is 5.10 Å². The van der Waals surface area contributed by atoms with E-state index < -0.39 is 0 Å². The molecule has 3 aromatic rings. The van der Waals surface area contributed by atoms with Crippen LogP contribution in [0.4, 0.5) is 0 Å². The molecule has 1 aromatic carbocycles. The fourth-order valence-electron chi connectivity index (χ4n) is 3.21. The van der Waals surface area contributed by atoms with Crippen molar-refractivity contribution in [3.05, 3.63) is 77.9 Å². The van der Waals surface area contributed by atoms with Crippen molar-refractivity contribution in [2.45, 2.75) is 19.1 Å². The predicted octanol–water partition coefficient (Wildman–Crippen LogP) is 2.82. The molecule has 4 nitrogen and oxygen atoms in total. The van der Waals surface area contributed by atoms with Gasteiger partial charge in [0.25, 0.3) is 0 Å². The van der Waals surface area contributed by atoms with E-state index in [0.717, 1.165) is 25.3 Å². The fraction of sp³-hybridized carbons (Fsp3) is 0.235. The zero-order valence-electron chi connectivity index (χ0n) is 11.8. The summed E-state index contributed by atoms with van der Waals surface area (Å²) in [5, 5.41) is 7.14. The number of fused-ring (bicyclic) bond motifs is 1. The Labute approximate surface area is 124 Å². The van der Waals surface area contributed by atoms with Crippen molar-refractivity contribution in [1.29, 1.82) is 0 Å². The van der Waals surface area contributed by atoms with Gasteiger partial charge in [-0.3, -0.25) is 10.00 Å². The average molecular weight is 278 g/mol. The van der Waals surface area contributed by atoms with Crippen LogP contribution in [0.5, 0.6) is 0 Å². The summed E-state index contributed by atoms with van der Waals surface area (Å²) in [5.41, 5.74) is 3.87. The van der Waals surface area contributed by atoms with Crippen LogP contribution in [0.3, 0.4) is 0 Å². The number of nitrogens with zero attached hydrogens (tertiary/aromatic N) is 3. The van der Waals surface area contributed by atoms with Gasteiger partial charge in [0, 0.05) is 43.4 Å². The van der Waals surface area contributed by atoms with Gasteiger partial charge in [-0.05, 0) is 23.8 Å². The van der Waals surface area contributed by atoms with E-state index in [0.29, 0.717) is 6.04 Å². The maximum atomic E-state index is 4.06. The molecule has 4 rings (SSSR count). The fourth-order valence-corrected chi connectivity index (χ4v) is 3.21. The Morgan fingerprint density at radius 1 is 1.05 bits per heavy atom. The largest absolute Gasteiger partial charge is 0.348 e. The SMILES string of the molecule is c1ccc([C@@H]2c3cccn3CCN2Cc2ccn[nH]2)cc1. The highest BCUT2D eigenvalue weighted by molar-refractivity contribution is 5.30. The van der Waals surface area contributed by atoms with Crippen molar-refractivity contribution < 1.29 is 0 Å². The van der Waals surface area contributed by atoms with E-state index in [1.54, 1.807) is 0 Å². The van der Waals surface area contributed by atoms with E-state index in [4.69, 9.17) is 0 Å². The Bertz CT molecular complexity index is 699. The first-order valence-corrected chi connectivity index (χ1v) is 7.34. The van der Waals surface area contributed by atoms with Crippen LogP contribution in [0.25, 0.3) is 0 Å². The van der Waals surface area contributed by atoms with E-state index in [2.05, 4.69) is 74.4 Å². The molecule has 4 heteroatoms.